The first-order valence-corrected chi connectivity index (χ1v) is 4.35. The van der Waals surface area contributed by atoms with Gasteiger partial charge < -0.3 is 10.2 Å². The Balaban J connectivity index is 4.22. The van der Waals surface area contributed by atoms with Gasteiger partial charge >= 0.3 is 11.9 Å². The number of hydrogen-bond acceptors (Lipinski definition) is 2. The minimum Gasteiger partial charge on any atom is -0.481 e. The van der Waals surface area contributed by atoms with Crippen LogP contribution in [-0.4, -0.2) is 22.2 Å². The van der Waals surface area contributed by atoms with Gasteiger partial charge in [-0.3, -0.25) is 9.59 Å². The van der Waals surface area contributed by atoms with Gasteiger partial charge in [-0.15, -0.1) is 0 Å². The second kappa shape index (κ2) is 6.88. The average Bonchev–Trinajstić information content (AvgIpc) is 2.09. The summed E-state index contributed by atoms with van der Waals surface area (Å²) < 4.78 is 0. The van der Waals surface area contributed by atoms with E-state index in [0.29, 0.717) is 0 Å². The number of carboxylic acids is 2. The fourth-order valence-corrected chi connectivity index (χ4v) is 0.839. The monoisotopic (exact) mass is 198 g/mol. The Morgan fingerprint density at radius 2 is 1.93 bits per heavy atom. The molecule has 0 saturated heterocycles. The predicted octanol–water partition coefficient (Wildman–Crippen LogP) is 1.68. The van der Waals surface area contributed by atoms with Gasteiger partial charge in [0.25, 0.3) is 0 Å². The van der Waals surface area contributed by atoms with Crippen molar-refractivity contribution in [3.8, 4) is 0 Å². The Hall–Kier alpha value is -1.58. The number of rotatable bonds is 6. The Kier molecular flexibility index (Phi) is 6.11. The molecule has 0 radical (unpaired) electrons. The topological polar surface area (TPSA) is 74.6 Å². The lowest BCUT2D eigenvalue weighted by Crippen LogP contribution is -2.15. The molecule has 78 valence electrons. The van der Waals surface area contributed by atoms with E-state index in [1.165, 1.54) is 6.08 Å². The summed E-state index contributed by atoms with van der Waals surface area (Å²) in [5.74, 6) is -3.18. The maximum absolute atomic E-state index is 10.6. The van der Waals surface area contributed by atoms with Gasteiger partial charge in [-0.05, 0) is 6.42 Å². The van der Waals surface area contributed by atoms with Gasteiger partial charge in [-0.2, -0.15) is 0 Å². The predicted molar refractivity (Wildman–Crippen MR) is 51.9 cm³/mol. The molecule has 1 unspecified atom stereocenters. The highest BCUT2D eigenvalue weighted by atomic mass is 16.4. The summed E-state index contributed by atoms with van der Waals surface area (Å²) in [4.78, 5) is 20.8. The molecule has 0 aliphatic heterocycles. The van der Waals surface area contributed by atoms with Gasteiger partial charge in [0.1, 0.15) is 0 Å². The van der Waals surface area contributed by atoms with Gasteiger partial charge in [0.2, 0.25) is 0 Å². The standard InChI is InChI=1S/C10H14O4/c1-2-3-4-5-6-8(10(13)14)7-9(11)12/h3-6,8H,2,7H2,1H3,(H,11,12)(H,13,14). The summed E-state index contributed by atoms with van der Waals surface area (Å²) in [6, 6.07) is 0. The number of allylic oxidation sites excluding steroid dienone is 3. The van der Waals surface area contributed by atoms with Crippen molar-refractivity contribution in [3.63, 3.8) is 0 Å². The van der Waals surface area contributed by atoms with Crippen LogP contribution in [0.1, 0.15) is 19.8 Å². The molecule has 0 bridgehead atoms. The van der Waals surface area contributed by atoms with E-state index in [1.54, 1.807) is 12.2 Å². The number of carboxylic acid groups (broad SMARTS) is 2. The Morgan fingerprint density at radius 3 is 2.36 bits per heavy atom. The van der Waals surface area contributed by atoms with Gasteiger partial charge in [0.15, 0.2) is 0 Å². The van der Waals surface area contributed by atoms with Gasteiger partial charge in [-0.25, -0.2) is 0 Å². The zero-order valence-electron chi connectivity index (χ0n) is 8.01. The molecule has 0 aliphatic rings. The lowest BCUT2D eigenvalue weighted by atomic mass is 10.1. The second-order valence-electron chi connectivity index (χ2n) is 2.76. The summed E-state index contributed by atoms with van der Waals surface area (Å²) in [5, 5.41) is 17.1. The molecule has 2 N–H and O–H groups in total. The normalized spacial score (nSPS) is 13.5. The first-order valence-electron chi connectivity index (χ1n) is 4.35. The van der Waals surface area contributed by atoms with Gasteiger partial charge in [0, 0.05) is 0 Å². The van der Waals surface area contributed by atoms with E-state index in [9.17, 15) is 9.59 Å². The van der Waals surface area contributed by atoms with E-state index in [4.69, 9.17) is 10.2 Å². The third-order valence-corrected chi connectivity index (χ3v) is 1.54. The highest BCUT2D eigenvalue weighted by Crippen LogP contribution is 2.05. The molecule has 1 atom stereocenters. The molecule has 0 fully saturated rings. The fraction of sp³-hybridized carbons (Fsp3) is 0.400. The minimum absolute atomic E-state index is 0.383. The quantitative estimate of drug-likeness (QED) is 0.637. The second-order valence-corrected chi connectivity index (χ2v) is 2.76. The van der Waals surface area contributed by atoms with Crippen LogP contribution in [-0.2, 0) is 9.59 Å². The minimum atomic E-state index is -1.12. The maximum atomic E-state index is 10.6. The number of hydrogen-bond donors (Lipinski definition) is 2. The molecule has 0 aromatic heterocycles. The van der Waals surface area contributed by atoms with E-state index in [2.05, 4.69) is 0 Å². The van der Waals surface area contributed by atoms with Crippen LogP contribution < -0.4 is 0 Å². The van der Waals surface area contributed by atoms with Crippen LogP contribution in [0.2, 0.25) is 0 Å². The van der Waals surface area contributed by atoms with Crippen molar-refractivity contribution in [1.29, 1.82) is 0 Å². The molecule has 0 amide bonds. The highest BCUT2D eigenvalue weighted by molar-refractivity contribution is 5.79. The van der Waals surface area contributed by atoms with E-state index in [0.717, 1.165) is 6.42 Å². The van der Waals surface area contributed by atoms with Crippen LogP contribution in [0.4, 0.5) is 0 Å². The lowest BCUT2D eigenvalue weighted by molar-refractivity contribution is -0.146. The Bertz CT molecular complexity index is 253. The van der Waals surface area contributed by atoms with Crippen molar-refractivity contribution >= 4 is 11.9 Å². The van der Waals surface area contributed by atoms with Crippen molar-refractivity contribution in [1.82, 2.24) is 0 Å². The first kappa shape index (κ1) is 12.4. The van der Waals surface area contributed by atoms with Crippen LogP contribution in [0.25, 0.3) is 0 Å². The molecular weight excluding hydrogens is 184 g/mol. The molecule has 14 heavy (non-hydrogen) atoms. The molecule has 4 nitrogen and oxygen atoms in total. The molecule has 0 aromatic carbocycles. The SMILES string of the molecule is CCC=CC=CC(CC(=O)O)C(=O)O. The molecular formula is C10H14O4. The van der Waals surface area contributed by atoms with E-state index >= 15 is 0 Å². The summed E-state index contributed by atoms with van der Waals surface area (Å²) >= 11 is 0. The summed E-state index contributed by atoms with van der Waals surface area (Å²) in [7, 11) is 0. The first-order chi connectivity index (χ1) is 6.57. The van der Waals surface area contributed by atoms with Crippen LogP contribution in [0.5, 0.6) is 0 Å². The molecule has 4 heteroatoms. The third kappa shape index (κ3) is 5.99. The Morgan fingerprint density at radius 1 is 1.29 bits per heavy atom. The summed E-state index contributed by atoms with van der Waals surface area (Å²) in [6.45, 7) is 1.95. The molecule has 0 saturated carbocycles. The van der Waals surface area contributed by atoms with Crippen LogP contribution >= 0.6 is 0 Å². The highest BCUT2D eigenvalue weighted by Gasteiger charge is 2.16. The molecule has 0 heterocycles. The Labute approximate surface area is 82.6 Å². The summed E-state index contributed by atoms with van der Waals surface area (Å²) in [6.07, 6.45) is 6.98. The molecule has 0 aromatic rings. The van der Waals surface area contributed by atoms with Crippen LogP contribution in [0, 0.1) is 5.92 Å². The maximum Gasteiger partial charge on any atom is 0.310 e. The smallest absolute Gasteiger partial charge is 0.310 e. The van der Waals surface area contributed by atoms with Gasteiger partial charge in [-0.1, -0.05) is 31.2 Å². The largest absolute Gasteiger partial charge is 0.481 e. The third-order valence-electron chi connectivity index (χ3n) is 1.54. The van der Waals surface area contributed by atoms with E-state index in [1.807, 2.05) is 13.0 Å². The number of carbonyl (C=O) groups is 2. The van der Waals surface area contributed by atoms with Gasteiger partial charge in [0.05, 0.1) is 12.3 Å². The van der Waals surface area contributed by atoms with E-state index in [-0.39, 0.29) is 6.42 Å². The molecule has 0 rings (SSSR count). The van der Waals surface area contributed by atoms with Crippen LogP contribution in [0.3, 0.4) is 0 Å². The number of aliphatic carboxylic acids is 2. The average molecular weight is 198 g/mol. The zero-order chi connectivity index (χ0) is 11.0. The molecule has 0 aliphatic carbocycles. The molecule has 0 spiro atoms. The van der Waals surface area contributed by atoms with Crippen molar-refractivity contribution < 1.29 is 19.8 Å². The van der Waals surface area contributed by atoms with Crippen LogP contribution in [0.15, 0.2) is 24.3 Å². The van der Waals surface area contributed by atoms with Crippen molar-refractivity contribution in [2.75, 3.05) is 0 Å². The van der Waals surface area contributed by atoms with Crippen molar-refractivity contribution in [2.45, 2.75) is 19.8 Å². The van der Waals surface area contributed by atoms with Crippen molar-refractivity contribution in [2.24, 2.45) is 5.92 Å². The fourth-order valence-electron chi connectivity index (χ4n) is 0.839. The van der Waals surface area contributed by atoms with E-state index < -0.39 is 17.9 Å². The van der Waals surface area contributed by atoms with Crippen molar-refractivity contribution in [3.05, 3.63) is 24.3 Å². The lowest BCUT2D eigenvalue weighted by Gasteiger charge is -2.01. The zero-order valence-corrected chi connectivity index (χ0v) is 8.01. The summed E-state index contributed by atoms with van der Waals surface area (Å²) in [5.41, 5.74) is 0.